The van der Waals surface area contributed by atoms with Crippen LogP contribution in [0, 0.1) is 5.92 Å². The Labute approximate surface area is 171 Å². The largest absolute Gasteiger partial charge is 0.342 e. The van der Waals surface area contributed by atoms with E-state index in [0.29, 0.717) is 24.7 Å². The summed E-state index contributed by atoms with van der Waals surface area (Å²) in [5.74, 6) is -0.294. The molecule has 7 heteroatoms. The molecular weight excluding hydrogens is 392 g/mol. The first kappa shape index (κ1) is 21.0. The number of aryl methyl sites for hydroxylation is 1. The highest BCUT2D eigenvalue weighted by molar-refractivity contribution is 7.91. The molecule has 0 unspecified atom stereocenters. The van der Waals surface area contributed by atoms with Crippen LogP contribution in [0.1, 0.15) is 42.5 Å². The summed E-state index contributed by atoms with van der Waals surface area (Å²) in [7, 11) is -3.49. The summed E-state index contributed by atoms with van der Waals surface area (Å²) in [6.45, 7) is 3.35. The molecular formula is C21H28N2O3S2. The Balaban J connectivity index is 1.47. The van der Waals surface area contributed by atoms with Gasteiger partial charge in [0.2, 0.25) is 5.91 Å². The first-order valence-corrected chi connectivity index (χ1v) is 12.6. The van der Waals surface area contributed by atoms with Crippen molar-refractivity contribution in [2.24, 2.45) is 5.92 Å². The summed E-state index contributed by atoms with van der Waals surface area (Å²) in [4.78, 5) is 18.6. The van der Waals surface area contributed by atoms with Crippen molar-refractivity contribution in [2.45, 2.75) is 44.8 Å². The predicted molar refractivity (Wildman–Crippen MR) is 113 cm³/mol. The van der Waals surface area contributed by atoms with Gasteiger partial charge in [-0.3, -0.25) is 4.79 Å². The third kappa shape index (κ3) is 6.14. The minimum Gasteiger partial charge on any atom is -0.342 e. The van der Waals surface area contributed by atoms with Crippen molar-refractivity contribution < 1.29 is 13.2 Å². The number of piperidine rings is 1. The lowest BCUT2D eigenvalue weighted by atomic mass is 9.90. The van der Waals surface area contributed by atoms with E-state index in [2.05, 4.69) is 24.0 Å². The fraction of sp³-hybridized carbons (Fsp3) is 0.524. The van der Waals surface area contributed by atoms with Gasteiger partial charge in [-0.15, -0.1) is 11.3 Å². The fourth-order valence-electron chi connectivity index (χ4n) is 3.63. The van der Waals surface area contributed by atoms with Crippen LogP contribution in [0.2, 0.25) is 0 Å². The summed E-state index contributed by atoms with van der Waals surface area (Å²) in [6, 6.07) is 10.4. The molecule has 0 radical (unpaired) electrons. The molecule has 1 aliphatic rings. The van der Waals surface area contributed by atoms with Gasteiger partial charge in [-0.05, 0) is 43.6 Å². The average molecular weight is 421 g/mol. The lowest BCUT2D eigenvalue weighted by molar-refractivity contribution is -0.129. The molecule has 0 spiro atoms. The maximum absolute atomic E-state index is 12.5. The molecule has 0 N–H and O–H groups in total. The van der Waals surface area contributed by atoms with E-state index >= 15 is 0 Å². The molecule has 1 amide bonds. The SMILES string of the molecule is CCCc1nc(CS(=O)(=O)CC(=O)N2CCC(Cc3ccccc3)CC2)cs1. The Bertz CT molecular complexity index is 870. The van der Waals surface area contributed by atoms with E-state index in [-0.39, 0.29) is 11.7 Å². The van der Waals surface area contributed by atoms with Crippen LogP contribution in [0.25, 0.3) is 0 Å². The molecule has 0 bridgehead atoms. The maximum atomic E-state index is 12.5. The van der Waals surface area contributed by atoms with E-state index in [4.69, 9.17) is 0 Å². The van der Waals surface area contributed by atoms with Gasteiger partial charge in [0, 0.05) is 18.5 Å². The summed E-state index contributed by atoms with van der Waals surface area (Å²) in [5.41, 5.74) is 1.88. The van der Waals surface area contributed by atoms with Gasteiger partial charge in [0.05, 0.1) is 16.5 Å². The quantitative estimate of drug-likeness (QED) is 0.656. The predicted octanol–water partition coefficient (Wildman–Crippen LogP) is 3.49. The molecule has 0 atom stereocenters. The van der Waals surface area contributed by atoms with Crippen molar-refractivity contribution in [2.75, 3.05) is 18.8 Å². The van der Waals surface area contributed by atoms with Crippen molar-refractivity contribution in [3.8, 4) is 0 Å². The highest BCUT2D eigenvalue weighted by Gasteiger charge is 2.27. The molecule has 1 fully saturated rings. The number of aromatic nitrogens is 1. The van der Waals surface area contributed by atoms with Crippen molar-refractivity contribution in [1.29, 1.82) is 0 Å². The Kier molecular flexibility index (Phi) is 7.24. The second-order valence-corrected chi connectivity index (χ2v) is 10.5. The summed E-state index contributed by atoms with van der Waals surface area (Å²) in [6.07, 6.45) is 4.71. The van der Waals surface area contributed by atoms with Gasteiger partial charge in [0.15, 0.2) is 9.84 Å². The summed E-state index contributed by atoms with van der Waals surface area (Å²) >= 11 is 1.49. The standard InChI is InChI=1S/C21H28N2O3S2/c1-2-6-20-22-19(14-27-20)15-28(25,26)16-21(24)23-11-9-18(10-12-23)13-17-7-4-3-5-8-17/h3-5,7-8,14,18H,2,6,9-13,15-16H2,1H3. The number of thiazole rings is 1. The molecule has 1 aliphatic heterocycles. The zero-order chi connectivity index (χ0) is 20.0. The Morgan fingerprint density at radius 2 is 1.93 bits per heavy atom. The van der Waals surface area contributed by atoms with E-state index < -0.39 is 15.6 Å². The molecule has 5 nitrogen and oxygen atoms in total. The molecule has 1 saturated heterocycles. The highest BCUT2D eigenvalue weighted by atomic mass is 32.2. The van der Waals surface area contributed by atoms with Gasteiger partial charge in [-0.2, -0.15) is 0 Å². The van der Waals surface area contributed by atoms with E-state index in [0.717, 1.165) is 37.1 Å². The smallest absolute Gasteiger partial charge is 0.237 e. The van der Waals surface area contributed by atoms with Crippen LogP contribution in [0.3, 0.4) is 0 Å². The summed E-state index contributed by atoms with van der Waals surface area (Å²) in [5, 5.41) is 2.75. The van der Waals surface area contributed by atoms with Gasteiger partial charge in [-0.1, -0.05) is 37.3 Å². The van der Waals surface area contributed by atoms with Gasteiger partial charge in [0.1, 0.15) is 5.75 Å². The number of sulfone groups is 1. The van der Waals surface area contributed by atoms with E-state index in [9.17, 15) is 13.2 Å². The van der Waals surface area contributed by atoms with Crippen LogP contribution in [-0.4, -0.2) is 43.1 Å². The second-order valence-electron chi connectivity index (χ2n) is 7.53. The normalized spacial score (nSPS) is 15.7. The lowest BCUT2D eigenvalue weighted by Gasteiger charge is -2.32. The molecule has 2 heterocycles. The van der Waals surface area contributed by atoms with Gasteiger partial charge in [0.25, 0.3) is 0 Å². The van der Waals surface area contributed by atoms with Crippen LogP contribution in [0.4, 0.5) is 0 Å². The molecule has 2 aromatic rings. The van der Waals surface area contributed by atoms with Crippen molar-refractivity contribution >= 4 is 27.1 Å². The van der Waals surface area contributed by atoms with E-state index in [1.165, 1.54) is 16.9 Å². The first-order chi connectivity index (χ1) is 13.4. The van der Waals surface area contributed by atoms with Crippen LogP contribution < -0.4 is 0 Å². The third-order valence-corrected chi connectivity index (χ3v) is 7.49. The number of hydrogen-bond donors (Lipinski definition) is 0. The molecule has 152 valence electrons. The van der Waals surface area contributed by atoms with Crippen LogP contribution in [0.5, 0.6) is 0 Å². The average Bonchev–Trinajstić information content (AvgIpc) is 3.09. The van der Waals surface area contributed by atoms with Gasteiger partial charge >= 0.3 is 0 Å². The number of benzene rings is 1. The monoisotopic (exact) mass is 420 g/mol. The molecule has 28 heavy (non-hydrogen) atoms. The van der Waals surface area contributed by atoms with Crippen molar-refractivity contribution in [1.82, 2.24) is 9.88 Å². The number of carbonyl (C=O) groups is 1. The molecule has 3 rings (SSSR count). The fourth-order valence-corrected chi connectivity index (χ4v) is 5.90. The van der Waals surface area contributed by atoms with Crippen molar-refractivity contribution in [3.63, 3.8) is 0 Å². The number of hydrogen-bond acceptors (Lipinski definition) is 5. The van der Waals surface area contributed by atoms with Crippen LogP contribution in [0.15, 0.2) is 35.7 Å². The number of rotatable bonds is 8. The molecule has 0 saturated carbocycles. The summed E-state index contributed by atoms with van der Waals surface area (Å²) < 4.78 is 24.9. The van der Waals surface area contributed by atoms with Crippen LogP contribution >= 0.6 is 11.3 Å². The Hall–Kier alpha value is -1.73. The highest BCUT2D eigenvalue weighted by Crippen LogP contribution is 2.22. The number of nitrogens with zero attached hydrogens (tertiary/aromatic N) is 2. The maximum Gasteiger partial charge on any atom is 0.237 e. The second kappa shape index (κ2) is 9.65. The minimum absolute atomic E-state index is 0.149. The topological polar surface area (TPSA) is 67.3 Å². The Morgan fingerprint density at radius 3 is 2.61 bits per heavy atom. The lowest BCUT2D eigenvalue weighted by Crippen LogP contribution is -2.41. The van der Waals surface area contributed by atoms with Gasteiger partial charge in [-0.25, -0.2) is 13.4 Å². The van der Waals surface area contributed by atoms with E-state index in [1.807, 2.05) is 18.2 Å². The zero-order valence-corrected chi connectivity index (χ0v) is 18.0. The molecule has 1 aromatic heterocycles. The first-order valence-electron chi connectivity index (χ1n) is 9.90. The minimum atomic E-state index is -3.49. The molecule has 1 aromatic carbocycles. The third-order valence-electron chi connectivity index (χ3n) is 5.11. The molecule has 0 aliphatic carbocycles. The number of likely N-dealkylation sites (tertiary alicyclic amines) is 1. The van der Waals surface area contributed by atoms with Crippen LogP contribution in [-0.2, 0) is 33.2 Å². The number of amides is 1. The van der Waals surface area contributed by atoms with Gasteiger partial charge < -0.3 is 4.90 Å². The number of carbonyl (C=O) groups excluding carboxylic acids is 1. The Morgan fingerprint density at radius 1 is 1.21 bits per heavy atom. The van der Waals surface area contributed by atoms with Crippen molar-refractivity contribution in [3.05, 3.63) is 52.0 Å². The van der Waals surface area contributed by atoms with E-state index in [1.54, 1.807) is 10.3 Å². The zero-order valence-electron chi connectivity index (χ0n) is 16.3.